The molecule has 1 aromatic carbocycles. The molecule has 2 N–H and O–H groups in total. The van der Waals surface area contributed by atoms with Gasteiger partial charge in [0.1, 0.15) is 32.7 Å². The minimum Gasteiger partial charge on any atom is -0.413 e. The molecule has 0 saturated carbocycles. The molecule has 0 unspecified atom stereocenters. The van der Waals surface area contributed by atoms with Crippen LogP contribution in [0.5, 0.6) is 0 Å². The predicted octanol–water partition coefficient (Wildman–Crippen LogP) is 0.811. The van der Waals surface area contributed by atoms with Crippen molar-refractivity contribution in [2.24, 2.45) is 0 Å². The van der Waals surface area contributed by atoms with Gasteiger partial charge >= 0.3 is 0 Å². The van der Waals surface area contributed by atoms with Crippen molar-refractivity contribution in [2.75, 3.05) is 26.2 Å². The minimum atomic E-state index is 0.462. The van der Waals surface area contributed by atoms with E-state index in [0.29, 0.717) is 17.1 Å². The Morgan fingerprint density at radius 3 is 2.68 bits per heavy atom. The largest absolute Gasteiger partial charge is 0.413 e. The van der Waals surface area contributed by atoms with Gasteiger partial charge in [0.15, 0.2) is 6.67 Å². The number of benzene rings is 1. The lowest BCUT2D eigenvalue weighted by molar-refractivity contribution is -1.03. The molecule has 2 aromatic heterocycles. The van der Waals surface area contributed by atoms with Gasteiger partial charge in [-0.1, -0.05) is 29.8 Å². The summed E-state index contributed by atoms with van der Waals surface area (Å²) < 4.78 is 7.53. The third-order valence-electron chi connectivity index (χ3n) is 5.22. The highest BCUT2D eigenvalue weighted by molar-refractivity contribution is 7.71. The molecule has 28 heavy (non-hydrogen) atoms. The zero-order valence-electron chi connectivity index (χ0n) is 16.4. The molecule has 3 aromatic rings. The molecule has 1 fully saturated rings. The summed E-state index contributed by atoms with van der Waals surface area (Å²) in [7, 11) is 0. The summed E-state index contributed by atoms with van der Waals surface area (Å²) in [5.41, 5.74) is 3.76. The van der Waals surface area contributed by atoms with Gasteiger partial charge in [0, 0.05) is 10.9 Å². The first-order valence-corrected chi connectivity index (χ1v) is 11.0. The zero-order chi connectivity index (χ0) is 19.5. The Labute approximate surface area is 174 Å². The van der Waals surface area contributed by atoms with Crippen molar-refractivity contribution in [1.29, 1.82) is 0 Å². The maximum atomic E-state index is 5.69. The minimum absolute atomic E-state index is 0.462. The van der Waals surface area contributed by atoms with Crippen LogP contribution in [0.4, 0.5) is 0 Å². The van der Waals surface area contributed by atoms with Gasteiger partial charge in [0.05, 0.1) is 17.1 Å². The lowest BCUT2D eigenvalue weighted by atomic mass is 10.1. The second kappa shape index (κ2) is 8.65. The van der Waals surface area contributed by atoms with E-state index < -0.39 is 0 Å². The van der Waals surface area contributed by atoms with Crippen LogP contribution in [0.1, 0.15) is 27.7 Å². The molecule has 0 bridgehead atoms. The van der Waals surface area contributed by atoms with Crippen LogP contribution in [0.3, 0.4) is 0 Å². The van der Waals surface area contributed by atoms with Gasteiger partial charge in [-0.05, 0) is 26.1 Å². The lowest BCUT2D eigenvalue weighted by Gasteiger charge is -2.29. The van der Waals surface area contributed by atoms with E-state index in [1.54, 1.807) is 16.2 Å². The Morgan fingerprint density at radius 1 is 1.18 bits per heavy atom. The predicted molar refractivity (Wildman–Crippen MR) is 111 cm³/mol. The second-order valence-electron chi connectivity index (χ2n) is 7.62. The van der Waals surface area contributed by atoms with Crippen LogP contribution in [0, 0.1) is 18.7 Å². The highest BCUT2D eigenvalue weighted by Gasteiger charge is 2.24. The van der Waals surface area contributed by atoms with Gasteiger partial charge in [0.2, 0.25) is 5.89 Å². The molecule has 3 heterocycles. The van der Waals surface area contributed by atoms with E-state index in [9.17, 15) is 0 Å². The normalized spacial score (nSPS) is 19.8. The Hall–Kier alpha value is -1.87. The van der Waals surface area contributed by atoms with E-state index in [1.807, 2.05) is 17.0 Å². The van der Waals surface area contributed by atoms with Crippen LogP contribution >= 0.6 is 23.6 Å². The summed E-state index contributed by atoms with van der Waals surface area (Å²) in [6.07, 6.45) is 0.602. The maximum Gasteiger partial charge on any atom is 0.291 e. The standard InChI is InChI=1S/C20H25N5OS2/c1-15-4-3-5-17(10-15)12-23-6-8-24(9-7-23)14-25-20(27)26-19(22-25)11-18-13-28-16(2)21-18/h3-5,10,13H,6-9,11-12,14H2,1-2H3/p+2. The molecule has 1 saturated heterocycles. The number of rotatable bonds is 6. The Bertz CT molecular complexity index is 984. The molecule has 1 aliphatic heterocycles. The SMILES string of the molecule is Cc1cccc(C[NH+]2CC[NH+](Cn3nc(Cc4csc(C)n4)oc3=S)CC2)c1. The molecule has 0 amide bonds. The van der Waals surface area contributed by atoms with E-state index in [4.69, 9.17) is 16.6 Å². The molecule has 4 rings (SSSR count). The number of piperazine rings is 1. The number of aromatic nitrogens is 3. The molecule has 8 heteroatoms. The van der Waals surface area contributed by atoms with E-state index in [1.165, 1.54) is 29.1 Å². The highest BCUT2D eigenvalue weighted by atomic mass is 32.1. The molecule has 1 aliphatic rings. The monoisotopic (exact) mass is 417 g/mol. The molecule has 0 spiro atoms. The number of quaternary nitrogens is 2. The van der Waals surface area contributed by atoms with Crippen molar-refractivity contribution >= 4 is 23.6 Å². The number of thiazole rings is 1. The van der Waals surface area contributed by atoms with Gasteiger partial charge in [-0.2, -0.15) is 4.68 Å². The third-order valence-corrected chi connectivity index (χ3v) is 6.34. The van der Waals surface area contributed by atoms with E-state index >= 15 is 0 Å². The summed E-state index contributed by atoms with van der Waals surface area (Å²) in [6, 6.07) is 8.85. The average molecular weight is 418 g/mol. The van der Waals surface area contributed by atoms with Crippen molar-refractivity contribution < 1.29 is 14.2 Å². The Morgan fingerprint density at radius 2 is 1.96 bits per heavy atom. The topological polar surface area (TPSA) is 52.7 Å². The molecular weight excluding hydrogens is 390 g/mol. The Balaban J connectivity index is 1.30. The van der Waals surface area contributed by atoms with E-state index in [0.717, 1.165) is 37.0 Å². The number of aryl methyl sites for hydroxylation is 2. The number of nitrogens with one attached hydrogen (secondary N) is 2. The van der Waals surface area contributed by atoms with Gasteiger partial charge in [-0.15, -0.1) is 16.4 Å². The van der Waals surface area contributed by atoms with E-state index in [-0.39, 0.29) is 0 Å². The van der Waals surface area contributed by atoms with Crippen LogP contribution in [-0.2, 0) is 19.6 Å². The van der Waals surface area contributed by atoms with Gasteiger partial charge in [-0.25, -0.2) is 4.98 Å². The summed E-state index contributed by atoms with van der Waals surface area (Å²) in [4.78, 5) is 8.10. The van der Waals surface area contributed by atoms with Crippen molar-refractivity contribution in [3.63, 3.8) is 0 Å². The first kappa shape index (κ1) is 19.4. The summed E-state index contributed by atoms with van der Waals surface area (Å²) in [5.74, 6) is 0.651. The Kier molecular flexibility index (Phi) is 6.01. The fraction of sp³-hybridized carbons (Fsp3) is 0.450. The zero-order valence-corrected chi connectivity index (χ0v) is 18.0. The van der Waals surface area contributed by atoms with Crippen molar-refractivity contribution in [2.45, 2.75) is 33.5 Å². The third kappa shape index (κ3) is 4.94. The second-order valence-corrected chi connectivity index (χ2v) is 9.03. The van der Waals surface area contributed by atoms with Crippen LogP contribution < -0.4 is 9.80 Å². The molecular formula is C20H27N5OS2+2. The average Bonchev–Trinajstić information content (AvgIpc) is 3.22. The highest BCUT2D eigenvalue weighted by Crippen LogP contribution is 2.12. The van der Waals surface area contributed by atoms with Crippen LogP contribution in [0.2, 0.25) is 0 Å². The van der Waals surface area contributed by atoms with E-state index in [2.05, 4.69) is 41.3 Å². The van der Waals surface area contributed by atoms with Crippen molar-refractivity contribution in [3.05, 3.63) is 62.2 Å². The molecule has 0 atom stereocenters. The van der Waals surface area contributed by atoms with Crippen LogP contribution in [0.15, 0.2) is 34.1 Å². The fourth-order valence-electron chi connectivity index (χ4n) is 3.78. The van der Waals surface area contributed by atoms with Gasteiger partial charge < -0.3 is 14.2 Å². The number of nitrogens with zero attached hydrogens (tertiary/aromatic N) is 3. The quantitative estimate of drug-likeness (QED) is 0.583. The summed E-state index contributed by atoms with van der Waals surface area (Å²) >= 11 is 7.03. The summed E-state index contributed by atoms with van der Waals surface area (Å²) in [5, 5.41) is 7.70. The number of hydrogen-bond donors (Lipinski definition) is 2. The first-order chi connectivity index (χ1) is 13.5. The lowest BCUT2D eigenvalue weighted by Crippen LogP contribution is -3.27. The fourth-order valence-corrected chi connectivity index (χ4v) is 4.59. The smallest absolute Gasteiger partial charge is 0.291 e. The molecule has 148 valence electrons. The molecule has 0 aliphatic carbocycles. The van der Waals surface area contributed by atoms with Gasteiger partial charge in [-0.3, -0.25) is 0 Å². The maximum absolute atomic E-state index is 5.69. The van der Waals surface area contributed by atoms with Crippen molar-refractivity contribution in [3.8, 4) is 0 Å². The molecule has 6 nitrogen and oxygen atoms in total. The van der Waals surface area contributed by atoms with Crippen LogP contribution in [-0.4, -0.2) is 40.9 Å². The summed E-state index contributed by atoms with van der Waals surface area (Å²) in [6.45, 7) is 10.6. The number of hydrogen-bond acceptors (Lipinski definition) is 5. The molecule has 0 radical (unpaired) electrons. The van der Waals surface area contributed by atoms with Crippen LogP contribution in [0.25, 0.3) is 0 Å². The van der Waals surface area contributed by atoms with Gasteiger partial charge in [0.25, 0.3) is 4.84 Å². The van der Waals surface area contributed by atoms with Crippen molar-refractivity contribution in [1.82, 2.24) is 14.8 Å². The first-order valence-electron chi connectivity index (χ1n) is 9.75.